The average Bonchev–Trinajstić information content (AvgIpc) is 3.34. The number of benzene rings is 6. The van der Waals surface area contributed by atoms with Crippen molar-refractivity contribution in [2.75, 3.05) is 48.6 Å². The minimum atomic E-state index is -4.64. The lowest BCUT2D eigenvalue weighted by molar-refractivity contribution is 0.261. The van der Waals surface area contributed by atoms with Crippen molar-refractivity contribution in [3.8, 4) is 23.0 Å². The number of aryl methyl sites for hydroxylation is 4. The van der Waals surface area contributed by atoms with Crippen LogP contribution in [0.4, 0.5) is 61.7 Å². The van der Waals surface area contributed by atoms with Crippen molar-refractivity contribution in [2.45, 2.75) is 51.3 Å². The molecule has 0 radical (unpaired) electrons. The van der Waals surface area contributed by atoms with Crippen molar-refractivity contribution in [3.63, 3.8) is 0 Å². The summed E-state index contributed by atoms with van der Waals surface area (Å²) in [7, 11) is -13.2. The zero-order chi connectivity index (χ0) is 56.1. The molecule has 6 rings (SSSR count). The highest BCUT2D eigenvalue weighted by atomic mass is 32.2. The van der Waals surface area contributed by atoms with Crippen molar-refractivity contribution >= 4 is 106 Å². The van der Waals surface area contributed by atoms with Gasteiger partial charge >= 0.3 is 6.03 Å². The minimum Gasteiger partial charge on any atom is -0.492 e. The van der Waals surface area contributed by atoms with Gasteiger partial charge in [0.1, 0.15) is 59.1 Å². The summed E-state index contributed by atoms with van der Waals surface area (Å²) in [6.45, 7) is 10.5. The lowest BCUT2D eigenvalue weighted by atomic mass is 10.1. The Hall–Kier alpha value is -7.73. The van der Waals surface area contributed by atoms with E-state index in [1.54, 1.807) is 107 Å². The smallest absolute Gasteiger partial charge is 0.323 e. The molecule has 0 aromatic heterocycles. The largest absolute Gasteiger partial charge is 0.492 e. The molecule has 5 N–H and O–H groups in total. The predicted octanol–water partition coefficient (Wildman–Crippen LogP) is 13.1. The van der Waals surface area contributed by atoms with E-state index in [1.807, 2.05) is 13.8 Å². The Morgan fingerprint density at radius 2 is 0.857 bits per heavy atom. The summed E-state index contributed by atoms with van der Waals surface area (Å²) in [6.07, 6.45) is 0. The molecule has 6 aromatic carbocycles. The molecule has 0 bridgehead atoms. The maximum Gasteiger partial charge on any atom is 0.323 e. The normalized spacial score (nSPS) is 12.2. The molecule has 0 atom stereocenters. The Morgan fingerprint density at radius 3 is 1.27 bits per heavy atom. The summed E-state index contributed by atoms with van der Waals surface area (Å²) in [6, 6.07) is 24.3. The number of urea groups is 1. The van der Waals surface area contributed by atoms with Crippen LogP contribution in [0.2, 0.25) is 0 Å². The highest BCUT2D eigenvalue weighted by Crippen LogP contribution is 2.39. The number of hydrogen-bond donors (Lipinski definition) is 6. The van der Waals surface area contributed by atoms with Gasteiger partial charge in [0.2, 0.25) is 0 Å². The number of ether oxygens (including phenoxy) is 4. The standard InChI is InChI=1S/C49H52N10O14S4/c1-7-70-47-27-41(58-54-37-13-9-33(21-29(37)3)52-56-39-15-11-35(74)25-45(39)72-17-19-75(61,62)63)31(5)23-43(47)50-49(60)51-44-24-32(6)42(28-48(44)71-8-2)59-55-38-14-10-34(22-30(38)4)53-57-40-16-12-36(77(67,68)69)26-46(40)73-18-20-76(64,65)66/h9-16,21-28,74H,7-8,17-20H2,1-6H3,(H2,50,51,60)(H,61,62,63)(H,64,65,66)(H,67,68,69). The maximum atomic E-state index is 13.6. The van der Waals surface area contributed by atoms with E-state index < -0.39 is 59.4 Å². The first-order valence-electron chi connectivity index (χ1n) is 23.0. The van der Waals surface area contributed by atoms with Gasteiger partial charge in [-0.25, -0.2) is 4.79 Å². The SMILES string of the molecule is CCOc1cc(N=Nc2ccc(N=Nc3ccc(S)cc3OCCS(=O)(=O)O)cc2C)c(C)cc1NC(=O)Nc1cc(C)c(N=Nc2ccc(N=Nc3ccc(S(=O)(=O)O)cc3OCCS(=O)(=O)O)cc2C)cc1OCC. The number of rotatable bonds is 23. The second kappa shape index (κ2) is 25.9. The van der Waals surface area contributed by atoms with Crippen LogP contribution >= 0.6 is 12.6 Å². The molecule has 0 aliphatic rings. The molecule has 0 aliphatic carbocycles. The van der Waals surface area contributed by atoms with Gasteiger partial charge < -0.3 is 29.6 Å². The summed E-state index contributed by atoms with van der Waals surface area (Å²) in [4.78, 5) is 13.6. The van der Waals surface area contributed by atoms with E-state index in [0.717, 1.165) is 17.7 Å². The summed E-state index contributed by atoms with van der Waals surface area (Å²) >= 11 is 4.30. The van der Waals surface area contributed by atoms with Gasteiger partial charge in [0.25, 0.3) is 30.4 Å². The van der Waals surface area contributed by atoms with E-state index in [2.05, 4.69) is 64.2 Å². The highest BCUT2D eigenvalue weighted by Gasteiger charge is 2.18. The van der Waals surface area contributed by atoms with Crippen molar-refractivity contribution in [1.82, 2.24) is 0 Å². The van der Waals surface area contributed by atoms with Gasteiger partial charge in [0.05, 0.1) is 63.6 Å². The lowest BCUT2D eigenvalue weighted by Crippen LogP contribution is -2.20. The number of carbonyl (C=O) groups excluding carboxylic acids is 1. The second-order valence-electron chi connectivity index (χ2n) is 16.5. The molecule has 24 nitrogen and oxygen atoms in total. The molecule has 6 aromatic rings. The summed E-state index contributed by atoms with van der Waals surface area (Å²) in [5.74, 6) is -0.692. The molecule has 0 spiro atoms. The van der Waals surface area contributed by atoms with Gasteiger partial charge in [-0.1, -0.05) is 0 Å². The van der Waals surface area contributed by atoms with Crippen molar-refractivity contribution < 1.29 is 62.7 Å². The van der Waals surface area contributed by atoms with Gasteiger partial charge in [-0.3, -0.25) is 13.7 Å². The molecular weight excluding hydrogens is 1080 g/mol. The van der Waals surface area contributed by atoms with Crippen LogP contribution in [0.25, 0.3) is 0 Å². The van der Waals surface area contributed by atoms with Crippen molar-refractivity contribution in [2.24, 2.45) is 40.9 Å². The molecular formula is C49H52N10O14S4. The Labute approximate surface area is 449 Å². The zero-order valence-corrected chi connectivity index (χ0v) is 45.4. The summed E-state index contributed by atoms with van der Waals surface area (Å²) in [5.41, 5.74) is 6.57. The minimum absolute atomic E-state index is 0.00660. The van der Waals surface area contributed by atoms with Crippen LogP contribution in [-0.4, -0.2) is 82.9 Å². The van der Waals surface area contributed by atoms with Gasteiger partial charge in [-0.15, -0.1) is 22.9 Å². The van der Waals surface area contributed by atoms with E-state index in [-0.39, 0.29) is 37.0 Å². The van der Waals surface area contributed by atoms with Crippen LogP contribution in [0.15, 0.2) is 148 Å². The van der Waals surface area contributed by atoms with Crippen LogP contribution in [0.1, 0.15) is 36.1 Å². The third-order valence-corrected chi connectivity index (χ3v) is 13.0. The number of nitrogens with one attached hydrogen (secondary N) is 2. The number of thiol groups is 1. The third-order valence-electron chi connectivity index (χ3n) is 10.5. The molecule has 0 unspecified atom stereocenters. The monoisotopic (exact) mass is 1130 g/mol. The first kappa shape index (κ1) is 58.5. The predicted molar refractivity (Wildman–Crippen MR) is 290 cm³/mol. The van der Waals surface area contributed by atoms with Crippen LogP contribution in [-0.2, 0) is 30.4 Å². The Balaban J connectivity index is 1.12. The van der Waals surface area contributed by atoms with E-state index in [9.17, 15) is 34.6 Å². The van der Waals surface area contributed by atoms with Gasteiger partial charge in [0, 0.05) is 23.1 Å². The number of hydrogen-bond acceptors (Lipinski definition) is 20. The number of carbonyl (C=O) groups is 1. The fourth-order valence-electron chi connectivity index (χ4n) is 6.73. The fourth-order valence-corrected chi connectivity index (χ4v) is 8.00. The van der Waals surface area contributed by atoms with Crippen LogP contribution < -0.4 is 29.6 Å². The fraction of sp³-hybridized carbons (Fsp3) is 0.245. The maximum absolute atomic E-state index is 13.6. The van der Waals surface area contributed by atoms with E-state index in [4.69, 9.17) is 28.1 Å². The second-order valence-corrected chi connectivity index (χ2v) is 21.6. The molecule has 28 heteroatoms. The average molecular weight is 1130 g/mol. The topological polar surface area (TPSA) is 340 Å². The van der Waals surface area contributed by atoms with Gasteiger partial charge in [-0.2, -0.15) is 55.9 Å². The van der Waals surface area contributed by atoms with Crippen LogP contribution in [0.3, 0.4) is 0 Å². The van der Waals surface area contributed by atoms with Crippen LogP contribution in [0.5, 0.6) is 23.0 Å². The first-order valence-corrected chi connectivity index (χ1v) is 28.1. The molecule has 2 amide bonds. The Kier molecular flexibility index (Phi) is 19.7. The Bertz CT molecular complexity index is 3650. The summed E-state index contributed by atoms with van der Waals surface area (Å²) < 4.78 is 118. The van der Waals surface area contributed by atoms with E-state index in [1.165, 1.54) is 6.07 Å². The number of anilines is 2. The highest BCUT2D eigenvalue weighted by molar-refractivity contribution is 7.86. The quantitative estimate of drug-likeness (QED) is 0.0197. The Morgan fingerprint density at radius 1 is 0.468 bits per heavy atom. The number of azo groups is 4. The molecule has 77 heavy (non-hydrogen) atoms. The number of nitrogens with zero attached hydrogens (tertiary/aromatic N) is 8. The van der Waals surface area contributed by atoms with E-state index >= 15 is 0 Å². The summed E-state index contributed by atoms with van der Waals surface area (Å²) in [5, 5.41) is 40.4. The lowest BCUT2D eigenvalue weighted by Gasteiger charge is -2.16. The van der Waals surface area contributed by atoms with E-state index in [0.29, 0.717) is 84.3 Å². The third kappa shape index (κ3) is 17.7. The van der Waals surface area contributed by atoms with Crippen molar-refractivity contribution in [1.29, 1.82) is 0 Å². The molecule has 0 fully saturated rings. The first-order chi connectivity index (χ1) is 36.4. The molecule has 0 saturated heterocycles. The molecule has 0 aliphatic heterocycles. The molecule has 406 valence electrons. The van der Waals surface area contributed by atoms with Crippen molar-refractivity contribution in [3.05, 3.63) is 119 Å². The van der Waals surface area contributed by atoms with Gasteiger partial charge in [0.15, 0.2) is 0 Å². The zero-order valence-electron chi connectivity index (χ0n) is 42.1. The molecule has 0 saturated carbocycles. The van der Waals surface area contributed by atoms with Crippen LogP contribution in [0, 0.1) is 27.7 Å². The van der Waals surface area contributed by atoms with Gasteiger partial charge in [-0.05, 0) is 143 Å². The molecule has 0 heterocycles. The number of amides is 2.